The number of likely N-dealkylation sites (N-methyl/N-ethyl adjacent to an activating group) is 1. The van der Waals surface area contributed by atoms with Gasteiger partial charge >= 0.3 is 7.12 Å². The highest BCUT2D eigenvalue weighted by Crippen LogP contribution is 2.36. The predicted octanol–water partition coefficient (Wildman–Crippen LogP) is 1.27. The summed E-state index contributed by atoms with van der Waals surface area (Å²) in [5.74, 6) is 0.00776. The molecule has 1 aliphatic heterocycles. The van der Waals surface area contributed by atoms with Gasteiger partial charge in [0.2, 0.25) is 5.91 Å². The summed E-state index contributed by atoms with van der Waals surface area (Å²) in [7, 11) is 1.29. The van der Waals surface area contributed by atoms with E-state index in [0.29, 0.717) is 6.42 Å². The molecule has 0 aliphatic carbocycles. The molecule has 1 aromatic carbocycles. The highest BCUT2D eigenvalue weighted by atomic mass is 16.7. The average Bonchev–Trinajstić information content (AvgIpc) is 2.59. The number of carbonyl (C=O) groups is 1. The Kier molecular flexibility index (Phi) is 3.94. The van der Waals surface area contributed by atoms with Crippen molar-refractivity contribution in [3.05, 3.63) is 29.8 Å². The number of hydrogen-bond acceptors (Lipinski definition) is 3. The van der Waals surface area contributed by atoms with Gasteiger partial charge in [0.15, 0.2) is 0 Å². The molecular weight excluding hydrogens is 253 g/mol. The molecular formula is C15H22BNO3. The summed E-state index contributed by atoms with van der Waals surface area (Å²) in [4.78, 5) is 11.3. The van der Waals surface area contributed by atoms with Crippen LogP contribution in [0.4, 0.5) is 0 Å². The van der Waals surface area contributed by atoms with E-state index >= 15 is 0 Å². The van der Waals surface area contributed by atoms with Crippen molar-refractivity contribution >= 4 is 18.5 Å². The molecule has 0 bridgehead atoms. The summed E-state index contributed by atoms with van der Waals surface area (Å²) in [5, 5.41) is 2.62. The van der Waals surface area contributed by atoms with Gasteiger partial charge in [-0.25, -0.2) is 0 Å². The first-order valence-electron chi connectivity index (χ1n) is 6.90. The number of carbonyl (C=O) groups excluding carboxylic acids is 1. The predicted molar refractivity (Wildman–Crippen MR) is 79.9 cm³/mol. The second-order valence-electron chi connectivity index (χ2n) is 6.18. The normalized spacial score (nSPS) is 19.9. The van der Waals surface area contributed by atoms with Crippen LogP contribution in [-0.4, -0.2) is 31.3 Å². The van der Waals surface area contributed by atoms with Crippen LogP contribution in [0.1, 0.15) is 33.3 Å². The van der Waals surface area contributed by atoms with Crippen molar-refractivity contribution in [3.63, 3.8) is 0 Å². The van der Waals surface area contributed by atoms with Gasteiger partial charge in [0.25, 0.3) is 0 Å². The van der Waals surface area contributed by atoms with Gasteiger partial charge in [-0.1, -0.05) is 24.3 Å². The van der Waals surface area contributed by atoms with Gasteiger partial charge in [-0.15, -0.1) is 0 Å². The van der Waals surface area contributed by atoms with E-state index in [0.717, 1.165) is 11.0 Å². The Labute approximate surface area is 121 Å². The number of benzene rings is 1. The minimum absolute atomic E-state index is 0.00776. The van der Waals surface area contributed by atoms with Crippen LogP contribution < -0.4 is 10.8 Å². The Bertz CT molecular complexity index is 480. The van der Waals surface area contributed by atoms with Crippen LogP contribution >= 0.6 is 0 Å². The van der Waals surface area contributed by atoms with Crippen molar-refractivity contribution in [1.29, 1.82) is 0 Å². The second-order valence-corrected chi connectivity index (χ2v) is 6.18. The Morgan fingerprint density at radius 3 is 2.05 bits per heavy atom. The van der Waals surface area contributed by atoms with Gasteiger partial charge in [-0.3, -0.25) is 4.79 Å². The number of hydrogen-bond donors (Lipinski definition) is 1. The summed E-state index contributed by atoms with van der Waals surface area (Å²) in [6.07, 6.45) is 0.389. The molecule has 0 unspecified atom stereocenters. The van der Waals surface area contributed by atoms with Crippen molar-refractivity contribution in [2.45, 2.75) is 45.3 Å². The molecule has 4 nitrogen and oxygen atoms in total. The molecule has 1 aliphatic rings. The topological polar surface area (TPSA) is 47.6 Å². The third kappa shape index (κ3) is 2.89. The zero-order chi connectivity index (χ0) is 15.0. The minimum atomic E-state index is -0.353. The van der Waals surface area contributed by atoms with Gasteiger partial charge in [0.1, 0.15) is 0 Å². The van der Waals surface area contributed by atoms with Gasteiger partial charge in [-0.2, -0.15) is 0 Å². The Hall–Kier alpha value is -1.33. The van der Waals surface area contributed by atoms with Gasteiger partial charge in [0.05, 0.1) is 17.6 Å². The molecule has 2 rings (SSSR count). The zero-order valence-electron chi connectivity index (χ0n) is 12.8. The highest BCUT2D eigenvalue weighted by Gasteiger charge is 2.51. The lowest BCUT2D eigenvalue weighted by Gasteiger charge is -2.32. The molecule has 5 heteroatoms. The maximum atomic E-state index is 11.3. The molecule has 1 fully saturated rings. The fraction of sp³-hybridized carbons (Fsp3) is 0.533. The molecule has 0 aromatic heterocycles. The van der Waals surface area contributed by atoms with Gasteiger partial charge in [-0.05, 0) is 38.7 Å². The monoisotopic (exact) mass is 275 g/mol. The molecule has 0 atom stereocenters. The zero-order valence-corrected chi connectivity index (χ0v) is 12.8. The molecule has 1 N–H and O–H groups in total. The summed E-state index contributed by atoms with van der Waals surface area (Å²) in [6.45, 7) is 8.14. The lowest BCUT2D eigenvalue weighted by molar-refractivity contribution is -0.119. The summed E-state index contributed by atoms with van der Waals surface area (Å²) >= 11 is 0. The SMILES string of the molecule is CNC(=O)Cc1ccc(B2OC(C)(C)C(C)(C)O2)cc1. The standard InChI is InChI=1S/C15H22BNO3/c1-14(2)15(3,4)20-16(19-14)12-8-6-11(7-9-12)10-13(18)17-5/h6-9H,10H2,1-5H3,(H,17,18). The summed E-state index contributed by atoms with van der Waals surface area (Å²) in [5.41, 5.74) is 1.28. The first kappa shape index (κ1) is 15.1. The summed E-state index contributed by atoms with van der Waals surface area (Å²) in [6, 6.07) is 7.80. The van der Waals surface area contributed by atoms with E-state index in [2.05, 4.69) is 5.32 Å². The molecule has 0 spiro atoms. The fourth-order valence-corrected chi connectivity index (χ4v) is 2.05. The molecule has 1 aromatic rings. The number of nitrogens with one attached hydrogen (secondary N) is 1. The van der Waals surface area contributed by atoms with Crippen molar-refractivity contribution in [3.8, 4) is 0 Å². The van der Waals surface area contributed by atoms with E-state index in [-0.39, 0.29) is 24.2 Å². The van der Waals surface area contributed by atoms with Gasteiger partial charge < -0.3 is 14.6 Å². The largest absolute Gasteiger partial charge is 0.494 e. The van der Waals surface area contributed by atoms with Crippen molar-refractivity contribution in [2.75, 3.05) is 7.05 Å². The van der Waals surface area contributed by atoms with E-state index in [9.17, 15) is 4.79 Å². The van der Waals surface area contributed by atoms with Crippen LogP contribution in [0, 0.1) is 0 Å². The van der Waals surface area contributed by atoms with Crippen LogP contribution in [-0.2, 0) is 20.5 Å². The van der Waals surface area contributed by atoms with Gasteiger partial charge in [0, 0.05) is 7.05 Å². The first-order valence-corrected chi connectivity index (χ1v) is 6.90. The van der Waals surface area contributed by atoms with Crippen LogP contribution in [0.25, 0.3) is 0 Å². The van der Waals surface area contributed by atoms with Crippen molar-refractivity contribution < 1.29 is 14.1 Å². The maximum absolute atomic E-state index is 11.3. The Balaban J connectivity index is 2.10. The maximum Gasteiger partial charge on any atom is 0.494 e. The summed E-state index contributed by atoms with van der Waals surface area (Å²) < 4.78 is 12.0. The van der Waals surface area contributed by atoms with Crippen molar-refractivity contribution in [2.24, 2.45) is 0 Å². The lowest BCUT2D eigenvalue weighted by Crippen LogP contribution is -2.41. The Morgan fingerprint density at radius 2 is 1.60 bits per heavy atom. The van der Waals surface area contributed by atoms with Crippen LogP contribution in [0.15, 0.2) is 24.3 Å². The minimum Gasteiger partial charge on any atom is -0.399 e. The second kappa shape index (κ2) is 5.22. The molecule has 0 radical (unpaired) electrons. The number of amides is 1. The molecule has 20 heavy (non-hydrogen) atoms. The van der Waals surface area contributed by atoms with E-state index in [1.807, 2.05) is 52.0 Å². The van der Waals surface area contributed by atoms with Crippen LogP contribution in [0.5, 0.6) is 0 Å². The number of rotatable bonds is 3. The molecule has 1 amide bonds. The highest BCUT2D eigenvalue weighted by molar-refractivity contribution is 6.62. The van der Waals surface area contributed by atoms with Crippen LogP contribution in [0.3, 0.4) is 0 Å². The van der Waals surface area contributed by atoms with E-state index in [1.165, 1.54) is 0 Å². The third-order valence-corrected chi connectivity index (χ3v) is 4.15. The lowest BCUT2D eigenvalue weighted by atomic mass is 9.79. The third-order valence-electron chi connectivity index (χ3n) is 4.15. The molecule has 108 valence electrons. The smallest absolute Gasteiger partial charge is 0.399 e. The quantitative estimate of drug-likeness (QED) is 0.845. The van der Waals surface area contributed by atoms with E-state index < -0.39 is 0 Å². The van der Waals surface area contributed by atoms with E-state index in [1.54, 1.807) is 7.05 Å². The van der Waals surface area contributed by atoms with Crippen molar-refractivity contribution in [1.82, 2.24) is 5.32 Å². The first-order chi connectivity index (χ1) is 9.25. The molecule has 0 saturated carbocycles. The fourth-order valence-electron chi connectivity index (χ4n) is 2.05. The molecule has 1 heterocycles. The Morgan fingerprint density at radius 1 is 1.10 bits per heavy atom. The van der Waals surface area contributed by atoms with Crippen LogP contribution in [0.2, 0.25) is 0 Å². The van der Waals surface area contributed by atoms with E-state index in [4.69, 9.17) is 9.31 Å². The average molecular weight is 275 g/mol. The molecule has 1 saturated heterocycles.